The van der Waals surface area contributed by atoms with Gasteiger partial charge < -0.3 is 19.5 Å². The Bertz CT molecular complexity index is 937. The van der Waals surface area contributed by atoms with Crippen molar-refractivity contribution < 1.29 is 28.6 Å². The van der Waals surface area contributed by atoms with Crippen LogP contribution in [0.1, 0.15) is 37.6 Å². The molecule has 1 aromatic heterocycles. The molecular weight excluding hydrogens is 384 g/mol. The number of hydrogen-bond acceptors (Lipinski definition) is 7. The van der Waals surface area contributed by atoms with Crippen LogP contribution in [-0.4, -0.2) is 39.2 Å². The van der Waals surface area contributed by atoms with Gasteiger partial charge in [-0.3, -0.25) is 14.9 Å². The lowest BCUT2D eigenvalue weighted by Gasteiger charge is -2.11. The number of fused-ring (bicyclic) bond motifs is 1. The molecule has 0 aliphatic heterocycles. The van der Waals surface area contributed by atoms with E-state index in [1.807, 2.05) is 0 Å². The summed E-state index contributed by atoms with van der Waals surface area (Å²) >= 11 is 1.35. The molecule has 8 nitrogen and oxygen atoms in total. The van der Waals surface area contributed by atoms with Gasteiger partial charge in [0.15, 0.2) is 0 Å². The van der Waals surface area contributed by atoms with Gasteiger partial charge in [-0.2, -0.15) is 0 Å². The van der Waals surface area contributed by atoms with Crippen LogP contribution in [0, 0.1) is 0 Å². The number of carbonyl (C=O) groups is 3. The van der Waals surface area contributed by atoms with Crippen LogP contribution in [0.5, 0.6) is 11.5 Å². The molecule has 3 amide bonds. The van der Waals surface area contributed by atoms with Gasteiger partial charge >= 0.3 is 6.09 Å². The first kappa shape index (κ1) is 19.7. The van der Waals surface area contributed by atoms with E-state index in [2.05, 4.69) is 15.4 Å². The predicted molar refractivity (Wildman–Crippen MR) is 104 cm³/mol. The maximum atomic E-state index is 12.8. The number of rotatable bonds is 5. The number of aryl methyl sites for hydroxylation is 1. The Labute approximate surface area is 165 Å². The van der Waals surface area contributed by atoms with E-state index in [0.717, 1.165) is 29.7 Å². The average molecular weight is 404 g/mol. The van der Waals surface area contributed by atoms with Crippen LogP contribution in [0.25, 0.3) is 0 Å². The fourth-order valence-electron chi connectivity index (χ4n) is 3.10. The Balaban J connectivity index is 1.91. The molecular formula is C19H20N2O6S. The van der Waals surface area contributed by atoms with Crippen LogP contribution in [-0.2, 0) is 17.6 Å². The molecule has 9 heteroatoms. The Morgan fingerprint density at radius 2 is 1.82 bits per heavy atom. The normalized spacial score (nSPS) is 12.1. The van der Waals surface area contributed by atoms with E-state index in [0.29, 0.717) is 27.6 Å². The van der Waals surface area contributed by atoms with Crippen LogP contribution >= 0.6 is 11.3 Å². The van der Waals surface area contributed by atoms with Crippen molar-refractivity contribution in [3.63, 3.8) is 0 Å². The van der Waals surface area contributed by atoms with Gasteiger partial charge in [0.1, 0.15) is 16.5 Å². The lowest BCUT2D eigenvalue weighted by Crippen LogP contribution is -2.31. The average Bonchev–Trinajstić information content (AvgIpc) is 3.27. The molecule has 0 saturated heterocycles. The van der Waals surface area contributed by atoms with Gasteiger partial charge in [-0.05, 0) is 37.0 Å². The van der Waals surface area contributed by atoms with Crippen molar-refractivity contribution in [2.45, 2.75) is 19.3 Å². The Morgan fingerprint density at radius 1 is 1.04 bits per heavy atom. The molecule has 0 spiro atoms. The van der Waals surface area contributed by atoms with E-state index in [4.69, 9.17) is 9.47 Å². The first-order chi connectivity index (χ1) is 13.5. The number of hydrogen-bond donors (Lipinski definition) is 2. The SMILES string of the molecule is COC(=O)NC(=O)c1c(NC(=O)c2ccc(OC)cc2OC)sc2c1CCC2. The number of benzene rings is 1. The number of carbonyl (C=O) groups excluding carboxylic acids is 3. The zero-order valence-corrected chi connectivity index (χ0v) is 16.5. The van der Waals surface area contributed by atoms with Crippen molar-refractivity contribution in [1.82, 2.24) is 5.32 Å². The van der Waals surface area contributed by atoms with Crippen molar-refractivity contribution in [3.8, 4) is 11.5 Å². The van der Waals surface area contributed by atoms with E-state index >= 15 is 0 Å². The molecule has 2 aromatic rings. The molecule has 1 heterocycles. The molecule has 0 fully saturated rings. The van der Waals surface area contributed by atoms with Crippen LogP contribution in [0.3, 0.4) is 0 Å². The summed E-state index contributed by atoms with van der Waals surface area (Å²) < 4.78 is 14.9. The second-order valence-electron chi connectivity index (χ2n) is 6.03. The van der Waals surface area contributed by atoms with Crippen LogP contribution in [0.2, 0.25) is 0 Å². The van der Waals surface area contributed by atoms with Crippen molar-refractivity contribution in [1.29, 1.82) is 0 Å². The third kappa shape index (κ3) is 3.79. The largest absolute Gasteiger partial charge is 0.497 e. The maximum absolute atomic E-state index is 12.8. The molecule has 0 radical (unpaired) electrons. The number of alkyl carbamates (subject to hydrolysis) is 1. The predicted octanol–water partition coefficient (Wildman–Crippen LogP) is 3.00. The fourth-order valence-corrected chi connectivity index (χ4v) is 4.38. The van der Waals surface area contributed by atoms with E-state index in [1.54, 1.807) is 18.2 Å². The lowest BCUT2D eigenvalue weighted by atomic mass is 10.1. The van der Waals surface area contributed by atoms with Crippen molar-refractivity contribution in [2.75, 3.05) is 26.6 Å². The quantitative estimate of drug-likeness (QED) is 0.794. The highest BCUT2D eigenvalue weighted by Crippen LogP contribution is 2.39. The summed E-state index contributed by atoms with van der Waals surface area (Å²) in [5.41, 5.74) is 1.48. The molecule has 1 aliphatic rings. The Morgan fingerprint density at radius 3 is 2.50 bits per heavy atom. The number of amides is 3. The highest BCUT2D eigenvalue weighted by atomic mass is 32.1. The van der Waals surface area contributed by atoms with Crippen molar-refractivity contribution in [3.05, 3.63) is 39.8 Å². The standard InChI is InChI=1S/C19H20N2O6S/c1-25-10-7-8-11(13(9-10)26-2)16(22)20-18-15(17(23)21-19(24)27-3)12-5-4-6-14(12)28-18/h7-9H,4-6H2,1-3H3,(H,20,22)(H,21,23,24). The lowest BCUT2D eigenvalue weighted by molar-refractivity contribution is 0.0937. The molecule has 148 valence electrons. The van der Waals surface area contributed by atoms with E-state index in [-0.39, 0.29) is 0 Å². The number of methoxy groups -OCH3 is 3. The molecule has 1 aliphatic carbocycles. The smallest absolute Gasteiger partial charge is 0.413 e. The summed E-state index contributed by atoms with van der Waals surface area (Å²) in [7, 11) is 4.16. The van der Waals surface area contributed by atoms with Crippen LogP contribution in [0.15, 0.2) is 18.2 Å². The topological polar surface area (TPSA) is 103 Å². The van der Waals surface area contributed by atoms with E-state index in [1.165, 1.54) is 32.7 Å². The molecule has 3 rings (SSSR count). The third-order valence-corrected chi connectivity index (χ3v) is 5.64. The molecule has 0 atom stereocenters. The molecule has 0 unspecified atom stereocenters. The highest BCUT2D eigenvalue weighted by Gasteiger charge is 2.29. The summed E-state index contributed by atoms with van der Waals surface area (Å²) in [5.74, 6) is -0.113. The summed E-state index contributed by atoms with van der Waals surface area (Å²) in [5, 5.41) is 5.35. The van der Waals surface area contributed by atoms with Crippen molar-refractivity contribution in [2.24, 2.45) is 0 Å². The van der Waals surface area contributed by atoms with Gasteiger partial charge in [0.05, 0.1) is 32.5 Å². The van der Waals surface area contributed by atoms with Crippen molar-refractivity contribution >= 4 is 34.2 Å². The van der Waals surface area contributed by atoms with Crippen LogP contribution < -0.4 is 20.1 Å². The minimum atomic E-state index is -0.850. The van der Waals surface area contributed by atoms with Gasteiger partial charge in [-0.15, -0.1) is 11.3 Å². The zero-order chi connectivity index (χ0) is 20.3. The number of imide groups is 1. The Kier molecular flexibility index (Phi) is 5.84. The first-order valence-corrected chi connectivity index (χ1v) is 9.37. The first-order valence-electron chi connectivity index (χ1n) is 8.55. The number of thiophene rings is 1. The fraction of sp³-hybridized carbons (Fsp3) is 0.316. The monoisotopic (exact) mass is 404 g/mol. The molecule has 2 N–H and O–H groups in total. The Hall–Kier alpha value is -3.07. The van der Waals surface area contributed by atoms with Gasteiger partial charge in [0, 0.05) is 10.9 Å². The minimum absolute atomic E-state index is 0.302. The maximum Gasteiger partial charge on any atom is 0.413 e. The summed E-state index contributed by atoms with van der Waals surface area (Å²) in [4.78, 5) is 37.9. The molecule has 1 aromatic carbocycles. The van der Waals surface area contributed by atoms with Gasteiger partial charge in [-0.1, -0.05) is 0 Å². The molecule has 28 heavy (non-hydrogen) atoms. The van der Waals surface area contributed by atoms with Gasteiger partial charge in [0.25, 0.3) is 11.8 Å². The second kappa shape index (κ2) is 8.30. The highest BCUT2D eigenvalue weighted by molar-refractivity contribution is 7.17. The summed E-state index contributed by atoms with van der Waals surface area (Å²) in [6.07, 6.45) is 1.63. The molecule has 0 bridgehead atoms. The van der Waals surface area contributed by atoms with Gasteiger partial charge in [0.2, 0.25) is 0 Å². The number of anilines is 1. The number of ether oxygens (including phenoxy) is 3. The van der Waals surface area contributed by atoms with Crippen LogP contribution in [0.4, 0.5) is 9.80 Å². The van der Waals surface area contributed by atoms with Gasteiger partial charge in [-0.25, -0.2) is 4.79 Å². The van der Waals surface area contributed by atoms with E-state index < -0.39 is 17.9 Å². The van der Waals surface area contributed by atoms with E-state index in [9.17, 15) is 14.4 Å². The molecule has 0 saturated carbocycles. The third-order valence-electron chi connectivity index (χ3n) is 4.43. The minimum Gasteiger partial charge on any atom is -0.497 e. The summed E-state index contributed by atoms with van der Waals surface area (Å²) in [6, 6.07) is 4.84. The summed E-state index contributed by atoms with van der Waals surface area (Å²) in [6.45, 7) is 0. The second-order valence-corrected chi connectivity index (χ2v) is 7.13. The number of nitrogens with one attached hydrogen (secondary N) is 2. The zero-order valence-electron chi connectivity index (χ0n) is 15.7.